The van der Waals surface area contributed by atoms with Gasteiger partial charge in [0.2, 0.25) is 0 Å². The molecule has 1 N–H and O–H groups in total. The molecule has 1 saturated carbocycles. The third-order valence-electron chi connectivity index (χ3n) is 2.26. The van der Waals surface area contributed by atoms with Gasteiger partial charge in [0.05, 0.1) is 0 Å². The van der Waals surface area contributed by atoms with Crippen LogP contribution in [0.2, 0.25) is 0 Å². The molecule has 0 aromatic heterocycles. The molecule has 1 rings (SSSR count). The second-order valence-electron chi connectivity index (χ2n) is 2.92. The summed E-state index contributed by atoms with van der Waals surface area (Å²) in [4.78, 5) is 0. The Morgan fingerprint density at radius 1 is 1.50 bits per heavy atom. The first-order chi connectivity index (χ1) is 4.74. The van der Waals surface area contributed by atoms with E-state index in [1.807, 2.05) is 13.3 Å². The Labute approximate surface area is 64.8 Å². The van der Waals surface area contributed by atoms with Gasteiger partial charge in [-0.05, 0) is 26.3 Å². The summed E-state index contributed by atoms with van der Waals surface area (Å²) in [6, 6.07) is 0.619. The highest BCUT2D eigenvalue weighted by molar-refractivity contribution is 7.84. The lowest BCUT2D eigenvalue weighted by Crippen LogP contribution is -2.22. The SMILES string of the molecule is CNC1CCC(S(C)=O)C1. The molecule has 3 heteroatoms. The predicted octanol–water partition coefficient (Wildman–Crippen LogP) is 0.505. The van der Waals surface area contributed by atoms with E-state index < -0.39 is 10.8 Å². The number of hydrogen-bond donors (Lipinski definition) is 1. The maximum atomic E-state index is 11.0. The first kappa shape index (κ1) is 8.21. The zero-order valence-corrected chi connectivity index (χ0v) is 7.41. The van der Waals surface area contributed by atoms with E-state index in [1.165, 1.54) is 6.42 Å². The topological polar surface area (TPSA) is 29.1 Å². The van der Waals surface area contributed by atoms with Gasteiger partial charge in [0, 0.05) is 28.3 Å². The van der Waals surface area contributed by atoms with Crippen LogP contribution in [0.5, 0.6) is 0 Å². The lowest BCUT2D eigenvalue weighted by atomic mass is 10.3. The molecule has 0 aliphatic heterocycles. The normalized spacial score (nSPS) is 36.2. The van der Waals surface area contributed by atoms with Gasteiger partial charge in [0.15, 0.2) is 0 Å². The molecule has 0 aromatic rings. The van der Waals surface area contributed by atoms with E-state index in [-0.39, 0.29) is 0 Å². The molecule has 0 spiro atoms. The van der Waals surface area contributed by atoms with Gasteiger partial charge in [0.1, 0.15) is 0 Å². The fourth-order valence-electron chi connectivity index (χ4n) is 1.50. The standard InChI is InChI=1S/C7H15NOS/c1-8-6-3-4-7(5-6)10(2)9/h6-8H,3-5H2,1-2H3. The summed E-state index contributed by atoms with van der Waals surface area (Å²) in [5.41, 5.74) is 0. The van der Waals surface area contributed by atoms with Crippen LogP contribution in [0.4, 0.5) is 0 Å². The van der Waals surface area contributed by atoms with Crippen molar-refractivity contribution in [1.82, 2.24) is 5.32 Å². The van der Waals surface area contributed by atoms with Crippen molar-refractivity contribution in [2.45, 2.75) is 30.6 Å². The Kier molecular flexibility index (Phi) is 2.86. The molecule has 1 fully saturated rings. The molecule has 3 atom stereocenters. The molecule has 60 valence electrons. The van der Waals surface area contributed by atoms with E-state index in [0.717, 1.165) is 12.8 Å². The summed E-state index contributed by atoms with van der Waals surface area (Å²) in [7, 11) is 1.37. The number of hydrogen-bond acceptors (Lipinski definition) is 2. The molecular weight excluding hydrogens is 146 g/mol. The minimum atomic E-state index is -0.603. The van der Waals surface area contributed by atoms with Crippen LogP contribution in [-0.2, 0) is 10.8 Å². The van der Waals surface area contributed by atoms with Crippen molar-refractivity contribution in [3.8, 4) is 0 Å². The highest BCUT2D eigenvalue weighted by atomic mass is 32.2. The van der Waals surface area contributed by atoms with Crippen molar-refractivity contribution in [2.75, 3.05) is 13.3 Å². The average molecular weight is 161 g/mol. The van der Waals surface area contributed by atoms with Crippen LogP contribution in [-0.4, -0.2) is 28.8 Å². The molecule has 0 radical (unpaired) electrons. The smallest absolute Gasteiger partial charge is 0.0360 e. The lowest BCUT2D eigenvalue weighted by molar-refractivity contribution is 0.581. The molecular formula is C7H15NOS. The lowest BCUT2D eigenvalue weighted by Gasteiger charge is -2.06. The molecule has 3 unspecified atom stereocenters. The summed E-state index contributed by atoms with van der Waals surface area (Å²) in [5.74, 6) is 0. The Bertz CT molecular complexity index is 138. The zero-order chi connectivity index (χ0) is 7.56. The molecule has 1 aliphatic carbocycles. The van der Waals surface area contributed by atoms with Crippen LogP contribution in [0.25, 0.3) is 0 Å². The second-order valence-corrected chi connectivity index (χ2v) is 4.58. The van der Waals surface area contributed by atoms with Crippen molar-refractivity contribution >= 4 is 10.8 Å². The minimum absolute atomic E-state index is 0.456. The minimum Gasteiger partial charge on any atom is -0.317 e. The van der Waals surface area contributed by atoms with Crippen LogP contribution in [0.15, 0.2) is 0 Å². The van der Waals surface area contributed by atoms with Gasteiger partial charge < -0.3 is 5.32 Å². The van der Waals surface area contributed by atoms with Crippen LogP contribution >= 0.6 is 0 Å². The van der Waals surface area contributed by atoms with Gasteiger partial charge >= 0.3 is 0 Å². The van der Waals surface area contributed by atoms with E-state index in [9.17, 15) is 4.21 Å². The fraction of sp³-hybridized carbons (Fsp3) is 1.00. The Balaban J connectivity index is 2.35. The predicted molar refractivity (Wildman–Crippen MR) is 44.6 cm³/mol. The zero-order valence-electron chi connectivity index (χ0n) is 6.59. The quantitative estimate of drug-likeness (QED) is 0.639. The van der Waals surface area contributed by atoms with E-state index >= 15 is 0 Å². The first-order valence-electron chi connectivity index (χ1n) is 3.73. The van der Waals surface area contributed by atoms with Gasteiger partial charge in [-0.25, -0.2) is 0 Å². The van der Waals surface area contributed by atoms with Gasteiger partial charge in [0.25, 0.3) is 0 Å². The molecule has 2 nitrogen and oxygen atoms in total. The van der Waals surface area contributed by atoms with Crippen molar-refractivity contribution in [3.05, 3.63) is 0 Å². The van der Waals surface area contributed by atoms with Crippen molar-refractivity contribution in [3.63, 3.8) is 0 Å². The first-order valence-corrected chi connectivity index (χ1v) is 5.35. The van der Waals surface area contributed by atoms with Crippen LogP contribution in [0.3, 0.4) is 0 Å². The molecule has 0 saturated heterocycles. The molecule has 0 aromatic carbocycles. The summed E-state index contributed by atoms with van der Waals surface area (Å²) in [6.45, 7) is 0. The second kappa shape index (κ2) is 3.49. The molecule has 1 aliphatic rings. The van der Waals surface area contributed by atoms with E-state index in [1.54, 1.807) is 0 Å². The molecule has 0 bridgehead atoms. The van der Waals surface area contributed by atoms with Crippen LogP contribution < -0.4 is 5.32 Å². The third kappa shape index (κ3) is 1.80. The summed E-state index contributed by atoms with van der Waals surface area (Å²) in [6.07, 6.45) is 5.23. The Morgan fingerprint density at radius 3 is 2.50 bits per heavy atom. The van der Waals surface area contributed by atoms with Gasteiger partial charge in [-0.15, -0.1) is 0 Å². The molecule has 0 amide bonds. The number of nitrogens with one attached hydrogen (secondary N) is 1. The van der Waals surface area contributed by atoms with Crippen LogP contribution in [0, 0.1) is 0 Å². The van der Waals surface area contributed by atoms with Crippen molar-refractivity contribution in [2.24, 2.45) is 0 Å². The highest BCUT2D eigenvalue weighted by Crippen LogP contribution is 2.22. The van der Waals surface area contributed by atoms with E-state index in [2.05, 4.69) is 5.32 Å². The average Bonchev–Trinajstić information content (AvgIpc) is 2.34. The van der Waals surface area contributed by atoms with Crippen molar-refractivity contribution in [1.29, 1.82) is 0 Å². The Morgan fingerprint density at radius 2 is 2.20 bits per heavy atom. The van der Waals surface area contributed by atoms with Crippen molar-refractivity contribution < 1.29 is 4.21 Å². The molecule has 0 heterocycles. The summed E-state index contributed by atoms with van der Waals surface area (Å²) in [5, 5.41) is 3.67. The fourth-order valence-corrected chi connectivity index (χ4v) is 2.48. The van der Waals surface area contributed by atoms with Crippen LogP contribution in [0.1, 0.15) is 19.3 Å². The monoisotopic (exact) mass is 161 g/mol. The van der Waals surface area contributed by atoms with Gasteiger partial charge in [-0.1, -0.05) is 0 Å². The highest BCUT2D eigenvalue weighted by Gasteiger charge is 2.25. The summed E-state index contributed by atoms with van der Waals surface area (Å²) >= 11 is 0. The Hall–Kier alpha value is 0.110. The maximum Gasteiger partial charge on any atom is 0.0360 e. The largest absolute Gasteiger partial charge is 0.317 e. The van der Waals surface area contributed by atoms with Gasteiger partial charge in [-0.3, -0.25) is 4.21 Å². The number of rotatable bonds is 2. The molecule has 10 heavy (non-hydrogen) atoms. The van der Waals surface area contributed by atoms with Gasteiger partial charge in [-0.2, -0.15) is 0 Å². The maximum absolute atomic E-state index is 11.0. The van der Waals surface area contributed by atoms with E-state index in [0.29, 0.717) is 11.3 Å². The van der Waals surface area contributed by atoms with E-state index in [4.69, 9.17) is 0 Å². The summed E-state index contributed by atoms with van der Waals surface area (Å²) < 4.78 is 11.0. The third-order valence-corrected chi connectivity index (χ3v) is 3.63.